The van der Waals surface area contributed by atoms with E-state index in [1.54, 1.807) is 0 Å². The van der Waals surface area contributed by atoms with Crippen LogP contribution in [0.1, 0.15) is 26.2 Å². The van der Waals surface area contributed by atoms with Crippen molar-refractivity contribution < 1.29 is 9.90 Å². The highest BCUT2D eigenvalue weighted by atomic mass is 16.4. The summed E-state index contributed by atoms with van der Waals surface area (Å²) in [4.78, 5) is 10.4. The van der Waals surface area contributed by atoms with Crippen molar-refractivity contribution in [3.63, 3.8) is 0 Å². The Hall–Kier alpha value is -0.790. The number of carbonyl (C=O) groups is 1. The van der Waals surface area contributed by atoms with Gasteiger partial charge in [-0.25, -0.2) is 4.79 Å². The van der Waals surface area contributed by atoms with Gasteiger partial charge in [0.15, 0.2) is 0 Å². The fraction of sp³-hybridized carbons (Fsp3) is 0.667. The predicted octanol–water partition coefficient (Wildman–Crippen LogP) is 2.06. The topological polar surface area (TPSA) is 37.3 Å². The molecule has 2 nitrogen and oxygen atoms in total. The van der Waals surface area contributed by atoms with Crippen molar-refractivity contribution in [2.75, 3.05) is 0 Å². The monoisotopic (exact) mass is 154 g/mol. The summed E-state index contributed by atoms with van der Waals surface area (Å²) in [5.74, 6) is 0.433. The summed E-state index contributed by atoms with van der Waals surface area (Å²) in [6, 6.07) is 0. The predicted molar refractivity (Wildman–Crippen MR) is 43.3 cm³/mol. The second-order valence-corrected chi connectivity index (χ2v) is 3.43. The molecule has 0 aliphatic heterocycles. The fourth-order valence-electron chi connectivity index (χ4n) is 1.31. The SMILES string of the molecule is C=C(CC(C)C1CC1)C(=O)O. The Morgan fingerprint density at radius 3 is 2.64 bits per heavy atom. The van der Waals surface area contributed by atoms with Crippen molar-refractivity contribution in [3.05, 3.63) is 12.2 Å². The maximum absolute atomic E-state index is 10.4. The van der Waals surface area contributed by atoms with Gasteiger partial charge < -0.3 is 5.11 Å². The highest BCUT2D eigenvalue weighted by molar-refractivity contribution is 5.85. The molecule has 1 aliphatic rings. The van der Waals surface area contributed by atoms with E-state index in [0.29, 0.717) is 17.9 Å². The van der Waals surface area contributed by atoms with Gasteiger partial charge in [0.1, 0.15) is 0 Å². The summed E-state index contributed by atoms with van der Waals surface area (Å²) < 4.78 is 0. The first-order valence-corrected chi connectivity index (χ1v) is 4.02. The molecule has 1 atom stereocenters. The normalized spacial score (nSPS) is 19.4. The van der Waals surface area contributed by atoms with Crippen molar-refractivity contribution in [2.24, 2.45) is 11.8 Å². The van der Waals surface area contributed by atoms with Crippen LogP contribution in [0.4, 0.5) is 0 Å². The van der Waals surface area contributed by atoms with Crippen molar-refractivity contribution in [1.29, 1.82) is 0 Å². The number of carboxylic acids is 1. The molecular formula is C9H14O2. The van der Waals surface area contributed by atoms with E-state index in [-0.39, 0.29) is 0 Å². The summed E-state index contributed by atoms with van der Waals surface area (Å²) >= 11 is 0. The summed E-state index contributed by atoms with van der Waals surface area (Å²) in [6.45, 7) is 5.61. The van der Waals surface area contributed by atoms with Crippen LogP contribution in [0.25, 0.3) is 0 Å². The molecule has 0 heterocycles. The van der Waals surface area contributed by atoms with Gasteiger partial charge in [-0.1, -0.05) is 13.5 Å². The van der Waals surface area contributed by atoms with E-state index in [9.17, 15) is 4.79 Å². The van der Waals surface area contributed by atoms with Gasteiger partial charge in [0, 0.05) is 5.57 Å². The Labute approximate surface area is 66.9 Å². The van der Waals surface area contributed by atoms with Gasteiger partial charge >= 0.3 is 5.97 Å². The quantitative estimate of drug-likeness (QED) is 0.629. The minimum absolute atomic E-state index is 0.351. The van der Waals surface area contributed by atoms with E-state index in [1.807, 2.05) is 0 Å². The van der Waals surface area contributed by atoms with Crippen LogP contribution in [0.2, 0.25) is 0 Å². The van der Waals surface area contributed by atoms with Crippen molar-refractivity contribution >= 4 is 5.97 Å². The second kappa shape index (κ2) is 3.07. The molecule has 1 fully saturated rings. The lowest BCUT2D eigenvalue weighted by Crippen LogP contribution is -2.05. The second-order valence-electron chi connectivity index (χ2n) is 3.43. The fourth-order valence-corrected chi connectivity index (χ4v) is 1.31. The molecule has 11 heavy (non-hydrogen) atoms. The zero-order valence-corrected chi connectivity index (χ0v) is 6.84. The van der Waals surface area contributed by atoms with Crippen LogP contribution in [0.5, 0.6) is 0 Å². The van der Waals surface area contributed by atoms with E-state index in [2.05, 4.69) is 13.5 Å². The molecule has 0 radical (unpaired) electrons. The van der Waals surface area contributed by atoms with Crippen LogP contribution in [-0.2, 0) is 4.79 Å². The maximum atomic E-state index is 10.4. The Bertz CT molecular complexity index is 180. The van der Waals surface area contributed by atoms with Crippen LogP contribution < -0.4 is 0 Å². The average molecular weight is 154 g/mol. The van der Waals surface area contributed by atoms with Crippen molar-refractivity contribution in [3.8, 4) is 0 Å². The van der Waals surface area contributed by atoms with Crippen LogP contribution in [0.15, 0.2) is 12.2 Å². The number of hydrogen-bond donors (Lipinski definition) is 1. The molecule has 1 unspecified atom stereocenters. The third-order valence-electron chi connectivity index (χ3n) is 2.30. The standard InChI is InChI=1S/C9H14O2/c1-6(8-3-4-8)5-7(2)9(10)11/h6,8H,2-5H2,1H3,(H,10,11). The smallest absolute Gasteiger partial charge is 0.330 e. The molecule has 1 N–H and O–H groups in total. The Balaban J connectivity index is 2.28. The Morgan fingerprint density at radius 2 is 2.27 bits per heavy atom. The van der Waals surface area contributed by atoms with Crippen LogP contribution in [0.3, 0.4) is 0 Å². The van der Waals surface area contributed by atoms with Gasteiger partial charge in [0.25, 0.3) is 0 Å². The third kappa shape index (κ3) is 2.37. The molecule has 0 aromatic carbocycles. The largest absolute Gasteiger partial charge is 0.478 e. The molecule has 0 saturated heterocycles. The van der Waals surface area contributed by atoms with Gasteiger partial charge in [-0.2, -0.15) is 0 Å². The molecular weight excluding hydrogens is 140 g/mol. The minimum atomic E-state index is -0.850. The van der Waals surface area contributed by atoms with Crippen LogP contribution in [0, 0.1) is 11.8 Å². The molecule has 62 valence electrons. The van der Waals surface area contributed by atoms with Gasteiger partial charge in [-0.15, -0.1) is 0 Å². The molecule has 2 heteroatoms. The molecule has 1 saturated carbocycles. The zero-order valence-electron chi connectivity index (χ0n) is 6.84. The van der Waals surface area contributed by atoms with E-state index in [4.69, 9.17) is 5.11 Å². The number of hydrogen-bond acceptors (Lipinski definition) is 1. The zero-order chi connectivity index (χ0) is 8.43. The number of rotatable bonds is 4. The molecule has 0 aromatic rings. The summed E-state index contributed by atoms with van der Waals surface area (Å²) in [7, 11) is 0. The van der Waals surface area contributed by atoms with E-state index in [0.717, 1.165) is 5.92 Å². The lowest BCUT2D eigenvalue weighted by molar-refractivity contribution is -0.132. The van der Waals surface area contributed by atoms with E-state index >= 15 is 0 Å². The molecule has 1 rings (SSSR count). The number of carboxylic acid groups (broad SMARTS) is 1. The van der Waals surface area contributed by atoms with Gasteiger partial charge in [0.05, 0.1) is 0 Å². The van der Waals surface area contributed by atoms with Crippen LogP contribution in [-0.4, -0.2) is 11.1 Å². The third-order valence-corrected chi connectivity index (χ3v) is 2.30. The molecule has 0 spiro atoms. The maximum Gasteiger partial charge on any atom is 0.330 e. The lowest BCUT2D eigenvalue weighted by atomic mass is 9.98. The summed E-state index contributed by atoms with van der Waals surface area (Å²) in [5.41, 5.74) is 0.351. The average Bonchev–Trinajstić information content (AvgIpc) is 2.67. The van der Waals surface area contributed by atoms with E-state index in [1.165, 1.54) is 12.8 Å². The summed E-state index contributed by atoms with van der Waals surface area (Å²) in [6.07, 6.45) is 3.20. The lowest BCUT2D eigenvalue weighted by Gasteiger charge is -2.08. The Kier molecular flexibility index (Phi) is 2.32. The molecule has 0 amide bonds. The summed E-state index contributed by atoms with van der Waals surface area (Å²) in [5, 5.41) is 8.53. The van der Waals surface area contributed by atoms with Gasteiger partial charge in [0.2, 0.25) is 0 Å². The highest BCUT2D eigenvalue weighted by Crippen LogP contribution is 2.39. The van der Waals surface area contributed by atoms with Crippen LogP contribution >= 0.6 is 0 Å². The highest BCUT2D eigenvalue weighted by Gasteiger charge is 2.28. The molecule has 1 aliphatic carbocycles. The van der Waals surface area contributed by atoms with Crippen molar-refractivity contribution in [2.45, 2.75) is 26.2 Å². The van der Waals surface area contributed by atoms with Gasteiger partial charge in [-0.05, 0) is 31.1 Å². The Morgan fingerprint density at radius 1 is 1.73 bits per heavy atom. The number of aliphatic carboxylic acids is 1. The first-order valence-electron chi connectivity index (χ1n) is 4.02. The first-order chi connectivity index (χ1) is 5.11. The van der Waals surface area contributed by atoms with Gasteiger partial charge in [-0.3, -0.25) is 0 Å². The molecule has 0 bridgehead atoms. The molecule has 0 aromatic heterocycles. The van der Waals surface area contributed by atoms with Crippen molar-refractivity contribution in [1.82, 2.24) is 0 Å². The van der Waals surface area contributed by atoms with E-state index < -0.39 is 5.97 Å². The minimum Gasteiger partial charge on any atom is -0.478 e. The first kappa shape index (κ1) is 8.31.